The zero-order valence-electron chi connectivity index (χ0n) is 18.6. The van der Waals surface area contributed by atoms with Crippen molar-refractivity contribution in [3.8, 4) is 11.5 Å². The topological polar surface area (TPSA) is 68.2 Å². The number of ether oxygens (including phenoxy) is 2. The highest BCUT2D eigenvalue weighted by Gasteiger charge is 2.56. The zero-order valence-corrected chi connectivity index (χ0v) is 21.0. The van der Waals surface area contributed by atoms with Gasteiger partial charge in [0, 0.05) is 5.02 Å². The highest BCUT2D eigenvalue weighted by atomic mass is 79.9. The Balaban J connectivity index is 1.35. The number of hydrogen-bond donors (Lipinski definition) is 0. The summed E-state index contributed by atoms with van der Waals surface area (Å²) in [6.45, 7) is 2.69. The fourth-order valence-corrected chi connectivity index (χ4v) is 5.80. The van der Waals surface area contributed by atoms with E-state index in [-0.39, 0.29) is 35.5 Å². The summed E-state index contributed by atoms with van der Waals surface area (Å²) in [5.41, 5.74) is 1.66. The molecule has 2 bridgehead atoms. The lowest BCUT2D eigenvalue weighted by Gasteiger charge is -2.37. The number of carbonyl (C=O) groups is 2. The largest absolute Gasteiger partial charge is 0.490 e. The standard InChI is InChI=1S/C26H24BrClN2O4/c1-2-33-21-12-16(11-20(27)24(21)34-14-15-3-9-19(28)10-4-15)13-29-30-25(31)22-17-5-6-18(8-7-17)23(22)26(30)32/h3-6,9-13,17-18,22-23H,2,7-8,14H2,1H3/b29-13-/t17-,18-,22-,23-/m0/s1. The molecule has 3 aliphatic carbocycles. The van der Waals surface area contributed by atoms with Crippen molar-refractivity contribution in [2.45, 2.75) is 26.4 Å². The van der Waals surface area contributed by atoms with Crippen LogP contribution in [0.4, 0.5) is 0 Å². The smallest absolute Gasteiger partial charge is 0.254 e. The van der Waals surface area contributed by atoms with E-state index in [0.29, 0.717) is 39.8 Å². The maximum absolute atomic E-state index is 13.0. The quantitative estimate of drug-likeness (QED) is 0.259. The van der Waals surface area contributed by atoms with Crippen molar-refractivity contribution in [3.63, 3.8) is 0 Å². The average molecular weight is 544 g/mol. The van der Waals surface area contributed by atoms with Gasteiger partial charge in [-0.1, -0.05) is 35.9 Å². The number of amides is 2. The first-order chi connectivity index (χ1) is 16.5. The van der Waals surface area contributed by atoms with Crippen LogP contribution in [0.15, 0.2) is 58.1 Å². The van der Waals surface area contributed by atoms with Gasteiger partial charge in [0.2, 0.25) is 0 Å². The van der Waals surface area contributed by atoms with Gasteiger partial charge in [0.1, 0.15) is 6.61 Å². The van der Waals surface area contributed by atoms with Crippen LogP contribution in [0.1, 0.15) is 30.9 Å². The molecule has 34 heavy (non-hydrogen) atoms. The summed E-state index contributed by atoms with van der Waals surface area (Å²) in [4.78, 5) is 26.0. The summed E-state index contributed by atoms with van der Waals surface area (Å²) in [5, 5.41) is 6.03. The fourth-order valence-electron chi connectivity index (χ4n) is 5.10. The second kappa shape index (κ2) is 9.55. The molecule has 8 heteroatoms. The van der Waals surface area contributed by atoms with Gasteiger partial charge in [-0.2, -0.15) is 10.1 Å². The van der Waals surface area contributed by atoms with Crippen LogP contribution in [0.2, 0.25) is 5.02 Å². The number of imide groups is 1. The van der Waals surface area contributed by atoms with Crippen LogP contribution in [-0.4, -0.2) is 29.6 Å². The zero-order chi connectivity index (χ0) is 23.8. The number of rotatable bonds is 7. The third kappa shape index (κ3) is 4.27. The molecular weight excluding hydrogens is 520 g/mol. The molecule has 6 rings (SSSR count). The average Bonchev–Trinajstić information content (AvgIpc) is 3.11. The van der Waals surface area contributed by atoms with E-state index in [1.165, 1.54) is 6.21 Å². The van der Waals surface area contributed by atoms with Crippen LogP contribution in [0.3, 0.4) is 0 Å². The Labute approximate surface area is 211 Å². The Morgan fingerprint density at radius 1 is 1.06 bits per heavy atom. The Kier molecular flexibility index (Phi) is 6.49. The van der Waals surface area contributed by atoms with Crippen molar-refractivity contribution >= 4 is 45.6 Å². The van der Waals surface area contributed by atoms with Crippen molar-refractivity contribution in [1.82, 2.24) is 5.01 Å². The molecular formula is C26H24BrClN2O4. The van der Waals surface area contributed by atoms with Crippen molar-refractivity contribution in [2.24, 2.45) is 28.8 Å². The molecule has 6 nitrogen and oxygen atoms in total. The summed E-state index contributed by atoms with van der Waals surface area (Å²) in [6, 6.07) is 11.1. The third-order valence-corrected chi connectivity index (χ3v) is 7.53. The van der Waals surface area contributed by atoms with Gasteiger partial charge >= 0.3 is 0 Å². The molecule has 0 unspecified atom stereocenters. The molecule has 1 saturated carbocycles. The van der Waals surface area contributed by atoms with Crippen LogP contribution in [0.5, 0.6) is 11.5 Å². The molecule has 2 amide bonds. The molecule has 2 aromatic carbocycles. The second-order valence-corrected chi connectivity index (χ2v) is 10.0. The number of hydrazone groups is 1. The van der Waals surface area contributed by atoms with Gasteiger partial charge < -0.3 is 9.47 Å². The summed E-state index contributed by atoms with van der Waals surface area (Å²) in [6.07, 6.45) is 7.64. The van der Waals surface area contributed by atoms with Crippen molar-refractivity contribution in [3.05, 3.63) is 69.2 Å². The number of hydrogen-bond acceptors (Lipinski definition) is 5. The van der Waals surface area contributed by atoms with Gasteiger partial charge in [0.25, 0.3) is 11.8 Å². The molecule has 4 atom stereocenters. The Bertz CT molecular complexity index is 1150. The molecule has 1 heterocycles. The van der Waals surface area contributed by atoms with E-state index in [0.717, 1.165) is 23.4 Å². The van der Waals surface area contributed by atoms with E-state index in [2.05, 4.69) is 33.2 Å². The Morgan fingerprint density at radius 2 is 1.71 bits per heavy atom. The number of fused-ring (bicyclic) bond motifs is 1. The molecule has 0 N–H and O–H groups in total. The molecule has 0 spiro atoms. The van der Waals surface area contributed by atoms with Gasteiger partial charge in [-0.15, -0.1) is 0 Å². The molecule has 1 aliphatic heterocycles. The van der Waals surface area contributed by atoms with E-state index in [9.17, 15) is 9.59 Å². The normalized spacial score (nSPS) is 25.3. The van der Waals surface area contributed by atoms with Gasteiger partial charge in [-0.05, 0) is 82.9 Å². The van der Waals surface area contributed by atoms with Gasteiger partial charge in [-0.3, -0.25) is 9.59 Å². The summed E-state index contributed by atoms with van der Waals surface area (Å²) in [7, 11) is 0. The number of nitrogens with zero attached hydrogens (tertiary/aromatic N) is 2. The van der Waals surface area contributed by atoms with Crippen LogP contribution in [0.25, 0.3) is 0 Å². The van der Waals surface area contributed by atoms with E-state index in [4.69, 9.17) is 21.1 Å². The lowest BCUT2D eigenvalue weighted by Crippen LogP contribution is -2.38. The number of carbonyl (C=O) groups excluding carboxylic acids is 2. The Hall–Kier alpha value is -2.64. The molecule has 0 radical (unpaired) electrons. The number of benzene rings is 2. The van der Waals surface area contributed by atoms with E-state index < -0.39 is 0 Å². The van der Waals surface area contributed by atoms with Gasteiger partial charge in [0.05, 0.1) is 29.1 Å². The molecule has 176 valence electrons. The Morgan fingerprint density at radius 3 is 2.29 bits per heavy atom. The number of allylic oxidation sites excluding steroid dienone is 2. The highest BCUT2D eigenvalue weighted by molar-refractivity contribution is 9.10. The van der Waals surface area contributed by atoms with Gasteiger partial charge in [0.15, 0.2) is 11.5 Å². The lowest BCUT2D eigenvalue weighted by atomic mass is 9.63. The minimum Gasteiger partial charge on any atom is -0.490 e. The SMILES string of the molecule is CCOc1cc(/C=N\N2C(=O)[C@@H]3[C@@H](C2=O)[C@H]2C=C[C@H]3CC2)cc(Br)c1OCc1ccc(Cl)cc1. The van der Waals surface area contributed by atoms with Crippen LogP contribution >= 0.6 is 27.5 Å². The third-order valence-electron chi connectivity index (χ3n) is 6.69. The van der Waals surface area contributed by atoms with Crippen molar-refractivity contribution < 1.29 is 19.1 Å². The summed E-state index contributed by atoms with van der Waals surface area (Å²) < 4.78 is 12.5. The summed E-state index contributed by atoms with van der Waals surface area (Å²) >= 11 is 9.52. The van der Waals surface area contributed by atoms with E-state index in [1.807, 2.05) is 37.3 Å². The van der Waals surface area contributed by atoms with E-state index >= 15 is 0 Å². The predicted octanol–water partition coefficient (Wildman–Crippen LogP) is 5.61. The second-order valence-electron chi connectivity index (χ2n) is 8.75. The monoisotopic (exact) mass is 542 g/mol. The lowest BCUT2D eigenvalue weighted by molar-refractivity contribution is -0.140. The minimum atomic E-state index is -0.275. The summed E-state index contributed by atoms with van der Waals surface area (Å²) in [5.74, 6) is 0.447. The molecule has 4 aliphatic rings. The first kappa shape index (κ1) is 23.1. The number of halogens is 2. The maximum atomic E-state index is 13.0. The van der Waals surface area contributed by atoms with Crippen LogP contribution < -0.4 is 9.47 Å². The van der Waals surface area contributed by atoms with Crippen LogP contribution in [-0.2, 0) is 16.2 Å². The first-order valence-electron chi connectivity index (χ1n) is 11.4. The van der Waals surface area contributed by atoms with Crippen molar-refractivity contribution in [2.75, 3.05) is 6.61 Å². The minimum absolute atomic E-state index is 0.141. The maximum Gasteiger partial charge on any atom is 0.254 e. The van der Waals surface area contributed by atoms with E-state index in [1.54, 1.807) is 6.07 Å². The molecule has 0 aromatic heterocycles. The van der Waals surface area contributed by atoms with Crippen molar-refractivity contribution in [1.29, 1.82) is 0 Å². The van der Waals surface area contributed by atoms with Gasteiger partial charge in [-0.25, -0.2) is 0 Å². The predicted molar refractivity (Wildman–Crippen MR) is 133 cm³/mol. The first-order valence-corrected chi connectivity index (χ1v) is 12.6. The van der Waals surface area contributed by atoms with Crippen LogP contribution in [0, 0.1) is 23.7 Å². The molecule has 1 saturated heterocycles. The highest BCUT2D eigenvalue weighted by Crippen LogP contribution is 2.49. The fraction of sp³-hybridized carbons (Fsp3) is 0.346. The molecule has 2 fully saturated rings. The molecule has 2 aromatic rings.